The van der Waals surface area contributed by atoms with Gasteiger partial charge in [-0.3, -0.25) is 4.79 Å². The summed E-state index contributed by atoms with van der Waals surface area (Å²) in [4.78, 5) is 18.4. The Labute approximate surface area is 81.9 Å². The molecule has 0 aromatic carbocycles. The molecule has 0 fully saturated rings. The van der Waals surface area contributed by atoms with Crippen LogP contribution in [0.25, 0.3) is 0 Å². The first-order valence-electron chi connectivity index (χ1n) is 4.30. The molecule has 14 heavy (non-hydrogen) atoms. The van der Waals surface area contributed by atoms with E-state index in [0.717, 1.165) is 12.4 Å². The zero-order valence-electron chi connectivity index (χ0n) is 7.95. The number of hydrogen-bond acceptors (Lipinski definition) is 5. The van der Waals surface area contributed by atoms with Crippen LogP contribution < -0.4 is 16.4 Å². The predicted molar refractivity (Wildman–Crippen MR) is 53.9 cm³/mol. The summed E-state index contributed by atoms with van der Waals surface area (Å²) in [6, 6.07) is 1.71. The Kier molecular flexibility index (Phi) is 3.66. The van der Waals surface area contributed by atoms with Crippen molar-refractivity contribution in [3.8, 4) is 0 Å². The number of amides is 1. The van der Waals surface area contributed by atoms with Gasteiger partial charge in [0.2, 0.25) is 5.91 Å². The molecule has 0 saturated heterocycles. The highest BCUT2D eigenvalue weighted by molar-refractivity contribution is 5.78. The summed E-state index contributed by atoms with van der Waals surface area (Å²) in [5, 5.41) is 5.81. The number of carbonyl (C=O) groups excluding carboxylic acids is 1. The Balaban J connectivity index is 2.58. The number of nitrogens with two attached hydrogens (primary N) is 1. The average Bonchev–Trinajstić information content (AvgIpc) is 2.16. The van der Waals surface area contributed by atoms with Crippen LogP contribution in [-0.2, 0) is 4.79 Å². The maximum absolute atomic E-state index is 10.5. The number of carbonyl (C=O) groups is 1. The van der Waals surface area contributed by atoms with Gasteiger partial charge in [-0.1, -0.05) is 0 Å². The zero-order chi connectivity index (χ0) is 10.4. The van der Waals surface area contributed by atoms with E-state index in [0.29, 0.717) is 5.82 Å². The first kappa shape index (κ1) is 10.2. The highest BCUT2D eigenvalue weighted by Crippen LogP contribution is 2.07. The molecule has 0 aliphatic rings. The molecule has 4 N–H and O–H groups in total. The lowest BCUT2D eigenvalue weighted by Gasteiger charge is -2.05. The Bertz CT molecular complexity index is 314. The van der Waals surface area contributed by atoms with E-state index in [4.69, 9.17) is 5.73 Å². The highest BCUT2D eigenvalue weighted by Gasteiger charge is 1.98. The van der Waals surface area contributed by atoms with Gasteiger partial charge >= 0.3 is 0 Å². The van der Waals surface area contributed by atoms with Crippen molar-refractivity contribution in [1.29, 1.82) is 0 Å². The number of primary amides is 1. The van der Waals surface area contributed by atoms with Gasteiger partial charge in [0, 0.05) is 12.6 Å². The quantitative estimate of drug-likeness (QED) is 0.605. The van der Waals surface area contributed by atoms with Crippen LogP contribution in [0.1, 0.15) is 6.92 Å². The first-order chi connectivity index (χ1) is 6.72. The van der Waals surface area contributed by atoms with Gasteiger partial charge in [0.05, 0.1) is 6.54 Å². The van der Waals surface area contributed by atoms with E-state index in [9.17, 15) is 4.79 Å². The number of aromatic nitrogens is 2. The third kappa shape index (κ3) is 3.26. The summed E-state index contributed by atoms with van der Waals surface area (Å²) in [6.07, 6.45) is 1.42. The second-order valence-corrected chi connectivity index (χ2v) is 2.64. The molecule has 1 amide bonds. The SMILES string of the molecule is CCNc1cc(NCC(N)=O)ncn1. The lowest BCUT2D eigenvalue weighted by Crippen LogP contribution is -2.22. The third-order valence-electron chi connectivity index (χ3n) is 1.47. The fourth-order valence-electron chi connectivity index (χ4n) is 0.909. The second-order valence-electron chi connectivity index (χ2n) is 2.64. The van der Waals surface area contributed by atoms with E-state index >= 15 is 0 Å². The largest absolute Gasteiger partial charge is 0.370 e. The standard InChI is InChI=1S/C8H13N5O/c1-2-10-7-3-8(13-5-12-7)11-4-6(9)14/h3,5H,2,4H2,1H3,(H2,9,14)(H2,10,11,12,13). The Hall–Kier alpha value is -1.85. The van der Waals surface area contributed by atoms with E-state index in [2.05, 4.69) is 20.6 Å². The molecule has 1 aromatic heterocycles. The Morgan fingerprint density at radius 2 is 2.07 bits per heavy atom. The molecule has 1 heterocycles. The fourth-order valence-corrected chi connectivity index (χ4v) is 0.909. The maximum atomic E-state index is 10.5. The van der Waals surface area contributed by atoms with Crippen molar-refractivity contribution in [2.45, 2.75) is 6.92 Å². The van der Waals surface area contributed by atoms with Crippen LogP contribution in [-0.4, -0.2) is 29.0 Å². The lowest BCUT2D eigenvalue weighted by atomic mass is 10.5. The topological polar surface area (TPSA) is 92.9 Å². The van der Waals surface area contributed by atoms with E-state index in [1.165, 1.54) is 6.33 Å². The Morgan fingerprint density at radius 1 is 1.43 bits per heavy atom. The fraction of sp³-hybridized carbons (Fsp3) is 0.375. The van der Waals surface area contributed by atoms with Crippen LogP contribution in [0.2, 0.25) is 0 Å². The summed E-state index contributed by atoms with van der Waals surface area (Å²) in [5.41, 5.74) is 4.98. The van der Waals surface area contributed by atoms with Crippen molar-refractivity contribution in [3.63, 3.8) is 0 Å². The molecule has 0 radical (unpaired) electrons. The van der Waals surface area contributed by atoms with Crippen LogP contribution in [0.4, 0.5) is 11.6 Å². The molecule has 0 bridgehead atoms. The van der Waals surface area contributed by atoms with Gasteiger partial charge < -0.3 is 16.4 Å². The molecule has 0 unspecified atom stereocenters. The van der Waals surface area contributed by atoms with Crippen LogP contribution in [0.5, 0.6) is 0 Å². The summed E-state index contributed by atoms with van der Waals surface area (Å²) in [7, 11) is 0. The third-order valence-corrected chi connectivity index (χ3v) is 1.47. The van der Waals surface area contributed by atoms with Gasteiger partial charge in [0.1, 0.15) is 18.0 Å². The minimum atomic E-state index is -0.423. The minimum absolute atomic E-state index is 0.0720. The summed E-state index contributed by atoms with van der Waals surface area (Å²) < 4.78 is 0. The molecule has 1 aromatic rings. The molecule has 0 saturated carbocycles. The molecule has 0 spiro atoms. The molecule has 76 valence electrons. The summed E-state index contributed by atoms with van der Waals surface area (Å²) in [5.74, 6) is 0.873. The molecule has 6 nitrogen and oxygen atoms in total. The van der Waals surface area contributed by atoms with Crippen molar-refractivity contribution < 1.29 is 4.79 Å². The van der Waals surface area contributed by atoms with Gasteiger partial charge in [-0.2, -0.15) is 0 Å². The van der Waals surface area contributed by atoms with Gasteiger partial charge in [0.15, 0.2) is 0 Å². The van der Waals surface area contributed by atoms with Gasteiger partial charge in [-0.25, -0.2) is 9.97 Å². The highest BCUT2D eigenvalue weighted by atomic mass is 16.1. The number of nitrogens with one attached hydrogen (secondary N) is 2. The molecular formula is C8H13N5O. The van der Waals surface area contributed by atoms with Crippen molar-refractivity contribution in [3.05, 3.63) is 12.4 Å². The first-order valence-corrected chi connectivity index (χ1v) is 4.30. The van der Waals surface area contributed by atoms with Crippen molar-refractivity contribution in [2.75, 3.05) is 23.7 Å². The molecular weight excluding hydrogens is 182 g/mol. The molecule has 6 heteroatoms. The number of anilines is 2. The molecule has 0 aliphatic carbocycles. The smallest absolute Gasteiger partial charge is 0.236 e. The number of rotatable bonds is 5. The second kappa shape index (κ2) is 5.00. The minimum Gasteiger partial charge on any atom is -0.370 e. The van der Waals surface area contributed by atoms with Crippen LogP contribution in [0.3, 0.4) is 0 Å². The summed E-state index contributed by atoms with van der Waals surface area (Å²) >= 11 is 0. The van der Waals surface area contributed by atoms with Gasteiger partial charge in [0.25, 0.3) is 0 Å². The molecule has 1 rings (SSSR count). The van der Waals surface area contributed by atoms with Crippen molar-refractivity contribution in [1.82, 2.24) is 9.97 Å². The lowest BCUT2D eigenvalue weighted by molar-refractivity contribution is -0.116. The molecule has 0 atom stereocenters. The van der Waals surface area contributed by atoms with Crippen molar-refractivity contribution >= 4 is 17.5 Å². The normalized spacial score (nSPS) is 9.50. The predicted octanol–water partition coefficient (Wildman–Crippen LogP) is -0.194. The molecule has 0 aliphatic heterocycles. The van der Waals surface area contributed by atoms with E-state index < -0.39 is 5.91 Å². The van der Waals surface area contributed by atoms with Crippen LogP contribution in [0, 0.1) is 0 Å². The summed E-state index contributed by atoms with van der Waals surface area (Å²) in [6.45, 7) is 2.83. The van der Waals surface area contributed by atoms with Crippen LogP contribution >= 0.6 is 0 Å². The van der Waals surface area contributed by atoms with E-state index in [-0.39, 0.29) is 6.54 Å². The van der Waals surface area contributed by atoms with E-state index in [1.54, 1.807) is 6.07 Å². The zero-order valence-corrected chi connectivity index (χ0v) is 7.95. The monoisotopic (exact) mass is 195 g/mol. The van der Waals surface area contributed by atoms with Gasteiger partial charge in [-0.15, -0.1) is 0 Å². The number of hydrogen-bond donors (Lipinski definition) is 3. The van der Waals surface area contributed by atoms with Crippen molar-refractivity contribution in [2.24, 2.45) is 5.73 Å². The average molecular weight is 195 g/mol. The maximum Gasteiger partial charge on any atom is 0.236 e. The van der Waals surface area contributed by atoms with Gasteiger partial charge in [-0.05, 0) is 6.92 Å². The Morgan fingerprint density at radius 3 is 2.64 bits per heavy atom. The van der Waals surface area contributed by atoms with E-state index in [1.807, 2.05) is 6.92 Å². The van der Waals surface area contributed by atoms with Crippen LogP contribution in [0.15, 0.2) is 12.4 Å². The number of nitrogens with zero attached hydrogens (tertiary/aromatic N) is 2.